The fourth-order valence-corrected chi connectivity index (χ4v) is 5.28. The molecule has 1 fully saturated rings. The van der Waals surface area contributed by atoms with E-state index in [0.29, 0.717) is 16.7 Å². The Hall–Kier alpha value is -4.00. The van der Waals surface area contributed by atoms with Gasteiger partial charge in [0.2, 0.25) is 0 Å². The van der Waals surface area contributed by atoms with Crippen LogP contribution in [0.1, 0.15) is 41.3 Å². The lowest BCUT2D eigenvalue weighted by atomic mass is 9.73. The molecule has 0 bridgehead atoms. The van der Waals surface area contributed by atoms with E-state index in [9.17, 15) is 19.5 Å². The molecule has 0 amide bonds. The first-order chi connectivity index (χ1) is 17.5. The number of Topliss-reactive ketones (excluding diaryl/α,β-unsaturated/α-hetero) is 2. The third-order valence-corrected chi connectivity index (χ3v) is 7.15. The van der Waals surface area contributed by atoms with E-state index in [-0.39, 0.29) is 11.4 Å². The summed E-state index contributed by atoms with van der Waals surface area (Å²) in [6.07, 6.45) is 4.31. The highest BCUT2D eigenvalue weighted by atomic mass is 16.4. The zero-order chi connectivity index (χ0) is 25.2. The smallest absolute Gasteiger partial charge is 0.307 e. The Morgan fingerprint density at radius 1 is 1.03 bits per heavy atom. The van der Waals surface area contributed by atoms with Crippen LogP contribution in [0.3, 0.4) is 0 Å². The maximum atomic E-state index is 13.2. The lowest BCUT2D eigenvalue weighted by Gasteiger charge is -2.33. The summed E-state index contributed by atoms with van der Waals surface area (Å²) in [6, 6.07) is 16.4. The summed E-state index contributed by atoms with van der Waals surface area (Å²) < 4.78 is 0. The number of carbonyl (C=O) groups excluding carboxylic acids is 2. The van der Waals surface area contributed by atoms with E-state index in [4.69, 9.17) is 0 Å². The van der Waals surface area contributed by atoms with E-state index < -0.39 is 23.6 Å². The molecule has 2 aromatic rings. The molecule has 2 unspecified atom stereocenters. The Bertz CT molecular complexity index is 1310. The molecule has 6 rings (SSSR count). The van der Waals surface area contributed by atoms with Crippen molar-refractivity contribution in [1.82, 2.24) is 10.2 Å². The predicted octanol–water partition coefficient (Wildman–Crippen LogP) is 3.68. The molecule has 2 aromatic carbocycles. The maximum absolute atomic E-state index is 13.2. The zero-order valence-electron chi connectivity index (χ0n) is 20.2. The van der Waals surface area contributed by atoms with Crippen molar-refractivity contribution in [1.29, 1.82) is 0 Å². The van der Waals surface area contributed by atoms with Gasteiger partial charge in [0.15, 0.2) is 17.5 Å². The lowest BCUT2D eigenvalue weighted by Crippen LogP contribution is -2.49. The van der Waals surface area contributed by atoms with Crippen molar-refractivity contribution in [2.45, 2.75) is 19.8 Å². The Kier molecular flexibility index (Phi) is 6.55. The van der Waals surface area contributed by atoms with Gasteiger partial charge < -0.3 is 15.3 Å². The van der Waals surface area contributed by atoms with E-state index >= 15 is 0 Å². The van der Waals surface area contributed by atoms with E-state index in [0.717, 1.165) is 30.2 Å². The third-order valence-electron chi connectivity index (χ3n) is 7.15. The summed E-state index contributed by atoms with van der Waals surface area (Å²) in [4.78, 5) is 44.4. The number of guanidine groups is 1. The molecule has 0 saturated carbocycles. The van der Waals surface area contributed by atoms with Gasteiger partial charge in [-0.05, 0) is 41.2 Å². The first kappa shape index (κ1) is 23.7. The van der Waals surface area contributed by atoms with Gasteiger partial charge in [-0.25, -0.2) is 0 Å². The summed E-state index contributed by atoms with van der Waals surface area (Å²) in [5, 5.41) is 12.8. The SMILES string of the molecule is C1CN=C2NCCCN2C1.CC(C(=O)O)C1C(=O)C2=C(C=C1c1ccccc1)c1ccccc1C2=O. The number of allylic oxidation sites excluding steroid dienone is 4. The first-order valence-electron chi connectivity index (χ1n) is 12.4. The number of aliphatic carboxylic acids is 1. The molecule has 2 aliphatic heterocycles. The van der Waals surface area contributed by atoms with Crippen LogP contribution in [0, 0.1) is 11.8 Å². The average Bonchev–Trinajstić information content (AvgIpc) is 3.21. The zero-order valence-corrected chi connectivity index (χ0v) is 20.2. The second kappa shape index (κ2) is 9.93. The van der Waals surface area contributed by atoms with Gasteiger partial charge in [-0.2, -0.15) is 0 Å². The number of hydrogen-bond acceptors (Lipinski definition) is 6. The second-order valence-electron chi connectivity index (χ2n) is 9.42. The number of hydrogen-bond donors (Lipinski definition) is 2. The lowest BCUT2D eigenvalue weighted by molar-refractivity contribution is -0.144. The minimum atomic E-state index is -1.06. The molecule has 2 atom stereocenters. The Morgan fingerprint density at radius 3 is 2.44 bits per heavy atom. The average molecular weight is 484 g/mol. The molecule has 2 N–H and O–H groups in total. The molecule has 36 heavy (non-hydrogen) atoms. The van der Waals surface area contributed by atoms with Crippen molar-refractivity contribution in [2.24, 2.45) is 16.8 Å². The number of nitrogens with one attached hydrogen (secondary N) is 1. The molecule has 7 heteroatoms. The van der Waals surface area contributed by atoms with Crippen molar-refractivity contribution < 1.29 is 19.5 Å². The number of carboxylic acids is 1. The van der Waals surface area contributed by atoms with Gasteiger partial charge in [0.1, 0.15) is 0 Å². The minimum absolute atomic E-state index is 0.115. The number of rotatable bonds is 3. The molecule has 1 saturated heterocycles. The van der Waals surface area contributed by atoms with Crippen LogP contribution in [0.5, 0.6) is 0 Å². The van der Waals surface area contributed by atoms with Crippen LogP contribution in [0.25, 0.3) is 11.1 Å². The highest BCUT2D eigenvalue weighted by molar-refractivity contribution is 6.39. The fraction of sp³-hybridized carbons (Fsp3) is 0.310. The van der Waals surface area contributed by atoms with E-state index in [2.05, 4.69) is 15.2 Å². The minimum Gasteiger partial charge on any atom is -0.481 e. The van der Waals surface area contributed by atoms with Crippen molar-refractivity contribution in [3.8, 4) is 0 Å². The van der Waals surface area contributed by atoms with E-state index in [1.165, 1.54) is 32.9 Å². The summed E-state index contributed by atoms with van der Waals surface area (Å²) in [5.41, 5.74) is 3.39. The highest BCUT2D eigenvalue weighted by Crippen LogP contribution is 2.45. The number of carbonyl (C=O) groups is 3. The number of carboxylic acid groups (broad SMARTS) is 1. The van der Waals surface area contributed by atoms with Crippen LogP contribution in [0.2, 0.25) is 0 Å². The van der Waals surface area contributed by atoms with Crippen LogP contribution in [0.4, 0.5) is 0 Å². The largest absolute Gasteiger partial charge is 0.481 e. The van der Waals surface area contributed by atoms with Crippen LogP contribution < -0.4 is 5.32 Å². The van der Waals surface area contributed by atoms with Gasteiger partial charge in [0.05, 0.1) is 17.4 Å². The molecule has 0 aromatic heterocycles. The topological polar surface area (TPSA) is 99.1 Å². The van der Waals surface area contributed by atoms with E-state index in [1.807, 2.05) is 48.5 Å². The number of ketones is 2. The van der Waals surface area contributed by atoms with Gasteiger partial charge in [-0.15, -0.1) is 0 Å². The van der Waals surface area contributed by atoms with Crippen molar-refractivity contribution in [2.75, 3.05) is 26.2 Å². The molecule has 184 valence electrons. The van der Waals surface area contributed by atoms with Crippen molar-refractivity contribution >= 4 is 34.6 Å². The number of fused-ring (bicyclic) bond motifs is 3. The van der Waals surface area contributed by atoms with E-state index in [1.54, 1.807) is 12.1 Å². The second-order valence-corrected chi connectivity index (χ2v) is 9.42. The third kappa shape index (κ3) is 4.26. The van der Waals surface area contributed by atoms with Gasteiger partial charge in [0, 0.05) is 31.7 Å². The van der Waals surface area contributed by atoms with Crippen molar-refractivity contribution in [3.63, 3.8) is 0 Å². The molecular weight excluding hydrogens is 454 g/mol. The summed E-state index contributed by atoms with van der Waals surface area (Å²) >= 11 is 0. The molecule has 2 aliphatic carbocycles. The monoisotopic (exact) mass is 483 g/mol. The van der Waals surface area contributed by atoms with Crippen LogP contribution in [-0.4, -0.2) is 59.7 Å². The Balaban J connectivity index is 0.000000222. The number of aliphatic imine (C=N–C) groups is 1. The van der Waals surface area contributed by atoms with Gasteiger partial charge in [-0.1, -0.05) is 61.5 Å². The Labute approximate surface area is 210 Å². The number of benzene rings is 2. The first-order valence-corrected chi connectivity index (χ1v) is 12.4. The highest BCUT2D eigenvalue weighted by Gasteiger charge is 2.44. The van der Waals surface area contributed by atoms with Crippen LogP contribution >= 0.6 is 0 Å². The molecule has 0 radical (unpaired) electrons. The Morgan fingerprint density at radius 2 is 1.72 bits per heavy atom. The maximum Gasteiger partial charge on any atom is 0.307 e. The quantitative estimate of drug-likeness (QED) is 0.647. The molecule has 2 heterocycles. The van der Waals surface area contributed by atoms with Gasteiger partial charge in [0.25, 0.3) is 0 Å². The summed E-state index contributed by atoms with van der Waals surface area (Å²) in [6.45, 7) is 6.03. The summed E-state index contributed by atoms with van der Waals surface area (Å²) in [5.74, 6) is -2.45. The fourth-order valence-electron chi connectivity index (χ4n) is 5.28. The van der Waals surface area contributed by atoms with Crippen molar-refractivity contribution in [3.05, 3.63) is 82.9 Å². The predicted molar refractivity (Wildman–Crippen MR) is 139 cm³/mol. The molecule has 7 nitrogen and oxygen atoms in total. The van der Waals surface area contributed by atoms with Gasteiger partial charge in [-0.3, -0.25) is 19.4 Å². The molecular formula is C29H29N3O4. The number of nitrogens with zero attached hydrogens (tertiary/aromatic N) is 2. The molecule has 0 spiro atoms. The van der Waals surface area contributed by atoms with Crippen LogP contribution in [0.15, 0.2) is 71.2 Å². The molecule has 4 aliphatic rings. The van der Waals surface area contributed by atoms with Crippen LogP contribution in [-0.2, 0) is 9.59 Å². The summed E-state index contributed by atoms with van der Waals surface area (Å²) in [7, 11) is 0. The van der Waals surface area contributed by atoms with Gasteiger partial charge >= 0.3 is 5.97 Å². The normalized spacial score (nSPS) is 21.1. The standard InChI is InChI=1S/C22H16O4.C7H13N3/c1-12(22(25)26)18-16(13-7-3-2-4-8-13)11-17-14-9-5-6-10-15(14)20(23)19(17)21(18)24;1-3-8-7-9-4-2-6-10(7)5-1/h2-12,18H,1H3,(H,25,26);1-6H2,(H,8,9).